The topological polar surface area (TPSA) is 94.4 Å². The Kier molecular flexibility index (Phi) is 4.13. The molecule has 6 nitrogen and oxygen atoms in total. The van der Waals surface area contributed by atoms with Crippen molar-refractivity contribution in [2.24, 2.45) is 5.73 Å². The predicted octanol–water partition coefficient (Wildman–Crippen LogP) is 1.52. The minimum Gasteiger partial charge on any atom is -0.493 e. The van der Waals surface area contributed by atoms with Gasteiger partial charge in [-0.2, -0.15) is 4.98 Å². The monoisotopic (exact) mass is 263 g/mol. The molecule has 2 aromatic rings. The molecule has 0 aliphatic heterocycles. The molecule has 0 amide bonds. The molecule has 102 valence electrons. The van der Waals surface area contributed by atoms with Crippen molar-refractivity contribution in [1.29, 1.82) is 0 Å². The summed E-state index contributed by atoms with van der Waals surface area (Å²) in [6.07, 6.45) is -0.754. The van der Waals surface area contributed by atoms with Crippen molar-refractivity contribution >= 4 is 0 Å². The van der Waals surface area contributed by atoms with E-state index in [0.717, 1.165) is 5.56 Å². The standard InChI is InChI=1S/C13H17N3O3/c1-3-18-10-7-5-4-6-9(10)12-15-13(19-16-12)11(14)8(2)17/h4-8,11,17H,3,14H2,1-2H3/t8-,11+/m1/s1. The van der Waals surface area contributed by atoms with Gasteiger partial charge in [-0.05, 0) is 26.0 Å². The van der Waals surface area contributed by atoms with Crippen LogP contribution in [0.15, 0.2) is 28.8 Å². The number of nitrogens with zero attached hydrogens (tertiary/aromatic N) is 2. The quantitative estimate of drug-likeness (QED) is 0.849. The summed E-state index contributed by atoms with van der Waals surface area (Å²) < 4.78 is 10.6. The van der Waals surface area contributed by atoms with Crippen LogP contribution in [0.5, 0.6) is 5.75 Å². The fourth-order valence-electron chi connectivity index (χ4n) is 1.62. The van der Waals surface area contributed by atoms with Gasteiger partial charge >= 0.3 is 0 Å². The fraction of sp³-hybridized carbons (Fsp3) is 0.385. The Bertz CT molecular complexity index is 539. The summed E-state index contributed by atoms with van der Waals surface area (Å²) in [4.78, 5) is 4.20. The van der Waals surface area contributed by atoms with Gasteiger partial charge in [0.05, 0.1) is 18.3 Å². The number of hydrogen-bond acceptors (Lipinski definition) is 6. The van der Waals surface area contributed by atoms with Crippen molar-refractivity contribution in [3.63, 3.8) is 0 Å². The lowest BCUT2D eigenvalue weighted by atomic mass is 10.2. The molecule has 19 heavy (non-hydrogen) atoms. The zero-order valence-corrected chi connectivity index (χ0v) is 10.9. The zero-order valence-electron chi connectivity index (χ0n) is 10.9. The van der Waals surface area contributed by atoms with Crippen LogP contribution in [0, 0.1) is 0 Å². The molecule has 3 N–H and O–H groups in total. The van der Waals surface area contributed by atoms with Gasteiger partial charge in [-0.3, -0.25) is 0 Å². The summed E-state index contributed by atoms with van der Waals surface area (Å²) in [5, 5.41) is 13.3. The molecule has 2 rings (SSSR count). The van der Waals surface area contributed by atoms with E-state index in [9.17, 15) is 5.11 Å². The molecular formula is C13H17N3O3. The molecule has 1 aromatic carbocycles. The van der Waals surface area contributed by atoms with E-state index < -0.39 is 12.1 Å². The Hall–Kier alpha value is -1.92. The van der Waals surface area contributed by atoms with E-state index in [-0.39, 0.29) is 5.89 Å². The number of aliphatic hydroxyl groups is 1. The van der Waals surface area contributed by atoms with Crippen molar-refractivity contribution in [3.8, 4) is 17.1 Å². The lowest BCUT2D eigenvalue weighted by molar-refractivity contribution is 0.146. The van der Waals surface area contributed by atoms with Crippen LogP contribution in [0.4, 0.5) is 0 Å². The fourth-order valence-corrected chi connectivity index (χ4v) is 1.62. The Labute approximate surface area is 111 Å². The average molecular weight is 263 g/mol. The number of nitrogens with two attached hydrogens (primary N) is 1. The molecule has 0 aliphatic rings. The number of benzene rings is 1. The summed E-state index contributed by atoms with van der Waals surface area (Å²) in [5.41, 5.74) is 6.48. The summed E-state index contributed by atoms with van der Waals surface area (Å²) in [6, 6.07) is 6.72. The molecule has 1 heterocycles. The Morgan fingerprint density at radius 1 is 1.42 bits per heavy atom. The molecule has 0 aliphatic carbocycles. The Morgan fingerprint density at radius 2 is 2.16 bits per heavy atom. The number of aromatic nitrogens is 2. The summed E-state index contributed by atoms with van der Waals surface area (Å²) in [7, 11) is 0. The Morgan fingerprint density at radius 3 is 2.84 bits per heavy atom. The highest BCUT2D eigenvalue weighted by Gasteiger charge is 2.21. The van der Waals surface area contributed by atoms with Crippen LogP contribution in [-0.4, -0.2) is 28.0 Å². The normalized spacial score (nSPS) is 14.1. The van der Waals surface area contributed by atoms with Gasteiger partial charge in [0.25, 0.3) is 0 Å². The molecular weight excluding hydrogens is 246 g/mol. The highest BCUT2D eigenvalue weighted by atomic mass is 16.5. The lowest BCUT2D eigenvalue weighted by Gasteiger charge is -2.08. The van der Waals surface area contributed by atoms with Gasteiger partial charge in [-0.15, -0.1) is 0 Å². The van der Waals surface area contributed by atoms with E-state index in [2.05, 4.69) is 10.1 Å². The molecule has 2 atom stereocenters. The number of para-hydroxylation sites is 1. The molecule has 6 heteroatoms. The van der Waals surface area contributed by atoms with Gasteiger partial charge in [-0.25, -0.2) is 0 Å². The first-order valence-corrected chi connectivity index (χ1v) is 6.13. The maximum absolute atomic E-state index is 9.42. The van der Waals surface area contributed by atoms with Crippen LogP contribution < -0.4 is 10.5 Å². The first-order valence-electron chi connectivity index (χ1n) is 6.13. The second kappa shape index (κ2) is 5.81. The second-order valence-corrected chi connectivity index (χ2v) is 4.15. The van der Waals surface area contributed by atoms with Gasteiger partial charge in [0.2, 0.25) is 11.7 Å². The highest BCUT2D eigenvalue weighted by Crippen LogP contribution is 2.28. The van der Waals surface area contributed by atoms with Crippen molar-refractivity contribution in [1.82, 2.24) is 10.1 Å². The van der Waals surface area contributed by atoms with Crippen molar-refractivity contribution < 1.29 is 14.4 Å². The summed E-state index contributed by atoms with van der Waals surface area (Å²) in [5.74, 6) is 1.29. The third-order valence-electron chi connectivity index (χ3n) is 2.67. The molecule has 0 saturated heterocycles. The lowest BCUT2D eigenvalue weighted by Crippen LogP contribution is -2.23. The number of rotatable bonds is 5. The van der Waals surface area contributed by atoms with Crippen molar-refractivity contribution in [3.05, 3.63) is 30.2 Å². The highest BCUT2D eigenvalue weighted by molar-refractivity contribution is 5.63. The van der Waals surface area contributed by atoms with Gasteiger partial charge in [0.15, 0.2) is 0 Å². The van der Waals surface area contributed by atoms with Crippen LogP contribution in [0.2, 0.25) is 0 Å². The summed E-state index contributed by atoms with van der Waals surface area (Å²) in [6.45, 7) is 4.03. The van der Waals surface area contributed by atoms with Crippen LogP contribution in [0.1, 0.15) is 25.8 Å². The summed E-state index contributed by atoms with van der Waals surface area (Å²) >= 11 is 0. The SMILES string of the molecule is CCOc1ccccc1-c1noc([C@@H](N)[C@@H](C)O)n1. The second-order valence-electron chi connectivity index (χ2n) is 4.15. The number of ether oxygens (including phenoxy) is 1. The van der Waals surface area contributed by atoms with Crippen LogP contribution in [0.25, 0.3) is 11.4 Å². The number of hydrogen-bond donors (Lipinski definition) is 2. The molecule has 0 bridgehead atoms. The third kappa shape index (κ3) is 2.91. The van der Waals surface area contributed by atoms with Gasteiger partial charge in [0, 0.05) is 0 Å². The van der Waals surface area contributed by atoms with Crippen molar-refractivity contribution in [2.45, 2.75) is 26.0 Å². The smallest absolute Gasteiger partial charge is 0.246 e. The average Bonchev–Trinajstić information content (AvgIpc) is 2.88. The molecule has 1 aromatic heterocycles. The largest absolute Gasteiger partial charge is 0.493 e. The van der Waals surface area contributed by atoms with Gasteiger partial charge < -0.3 is 20.1 Å². The first-order chi connectivity index (χ1) is 9.13. The Balaban J connectivity index is 2.32. The molecule has 0 saturated carbocycles. The van der Waals surface area contributed by atoms with Crippen molar-refractivity contribution in [2.75, 3.05) is 6.61 Å². The van der Waals surface area contributed by atoms with Gasteiger partial charge in [0.1, 0.15) is 11.8 Å². The van der Waals surface area contributed by atoms with E-state index in [0.29, 0.717) is 18.2 Å². The molecule has 0 radical (unpaired) electrons. The maximum atomic E-state index is 9.42. The molecule has 0 unspecified atom stereocenters. The van der Waals surface area contributed by atoms with Gasteiger partial charge in [-0.1, -0.05) is 17.3 Å². The molecule has 0 spiro atoms. The third-order valence-corrected chi connectivity index (χ3v) is 2.67. The first kappa shape index (κ1) is 13.5. The zero-order chi connectivity index (χ0) is 13.8. The van der Waals surface area contributed by atoms with Crippen LogP contribution >= 0.6 is 0 Å². The van der Waals surface area contributed by atoms with Crippen LogP contribution in [0.3, 0.4) is 0 Å². The molecule has 0 fully saturated rings. The van der Waals surface area contributed by atoms with E-state index in [1.54, 1.807) is 6.92 Å². The van der Waals surface area contributed by atoms with E-state index >= 15 is 0 Å². The van der Waals surface area contributed by atoms with E-state index in [1.165, 1.54) is 0 Å². The predicted molar refractivity (Wildman–Crippen MR) is 69.5 cm³/mol. The van der Waals surface area contributed by atoms with E-state index in [1.807, 2.05) is 31.2 Å². The minimum atomic E-state index is -0.754. The van der Waals surface area contributed by atoms with Crippen LogP contribution in [-0.2, 0) is 0 Å². The minimum absolute atomic E-state index is 0.205. The maximum Gasteiger partial charge on any atom is 0.246 e. The van der Waals surface area contributed by atoms with E-state index in [4.69, 9.17) is 15.0 Å². The number of aliphatic hydroxyl groups excluding tert-OH is 1.